The topological polar surface area (TPSA) is 47.6 Å². The predicted molar refractivity (Wildman–Crippen MR) is 117 cm³/mol. The van der Waals surface area contributed by atoms with Gasteiger partial charge in [-0.3, -0.25) is 0 Å². The van der Waals surface area contributed by atoms with Crippen molar-refractivity contribution >= 4 is 28.5 Å². The van der Waals surface area contributed by atoms with Crippen LogP contribution in [-0.4, -0.2) is 18.8 Å². The van der Waals surface area contributed by atoms with E-state index in [1.807, 2.05) is 31.2 Å². The van der Waals surface area contributed by atoms with Gasteiger partial charge in [0.2, 0.25) is 0 Å². The highest BCUT2D eigenvalue weighted by Gasteiger charge is 2.36. The molecule has 1 aliphatic carbocycles. The van der Waals surface area contributed by atoms with Gasteiger partial charge in [-0.05, 0) is 67.0 Å². The first kappa shape index (κ1) is 20.3. The van der Waals surface area contributed by atoms with Gasteiger partial charge in [0.15, 0.2) is 0 Å². The Labute approximate surface area is 177 Å². The smallest absolute Gasteiger partial charge is 0.408 e. The second-order valence-electron chi connectivity index (χ2n) is 9.80. The van der Waals surface area contributed by atoms with Gasteiger partial charge in [0.1, 0.15) is 12.4 Å². The van der Waals surface area contributed by atoms with Gasteiger partial charge in [-0.2, -0.15) is 0 Å². The molecule has 4 rings (SSSR count). The molecule has 0 aromatic heterocycles. The molecule has 0 unspecified atom stereocenters. The van der Waals surface area contributed by atoms with Gasteiger partial charge in [0, 0.05) is 5.39 Å². The maximum absolute atomic E-state index is 11.5. The lowest BCUT2D eigenvalue weighted by Crippen LogP contribution is -2.37. The number of hydrogen-bond acceptors (Lipinski definition) is 3. The van der Waals surface area contributed by atoms with E-state index in [2.05, 4.69) is 32.2 Å². The van der Waals surface area contributed by atoms with Gasteiger partial charge in [-0.1, -0.05) is 50.6 Å². The molecule has 0 spiro atoms. The van der Waals surface area contributed by atoms with Crippen LogP contribution < -0.4 is 10.1 Å². The number of nitrogens with one attached hydrogen (secondary N) is 1. The maximum atomic E-state index is 11.5. The van der Waals surface area contributed by atoms with Crippen molar-refractivity contribution in [3.05, 3.63) is 40.9 Å². The van der Waals surface area contributed by atoms with Gasteiger partial charge in [0.25, 0.3) is 0 Å². The Balaban J connectivity index is 1.51. The summed E-state index contributed by atoms with van der Waals surface area (Å²) >= 11 is 6.71. The van der Waals surface area contributed by atoms with Crippen molar-refractivity contribution in [2.24, 2.45) is 11.3 Å². The molecule has 2 aromatic carbocycles. The van der Waals surface area contributed by atoms with Crippen LogP contribution >= 0.6 is 11.6 Å². The Kier molecular flexibility index (Phi) is 5.18. The quantitative estimate of drug-likeness (QED) is 0.628. The lowest BCUT2D eigenvalue weighted by molar-refractivity contribution is 0.0884. The van der Waals surface area contributed by atoms with Crippen molar-refractivity contribution in [2.45, 2.75) is 65.0 Å². The normalized spacial score (nSPS) is 27.6. The molecule has 1 atom stereocenters. The van der Waals surface area contributed by atoms with Gasteiger partial charge in [-0.25, -0.2) is 4.79 Å². The minimum atomic E-state index is -0.515. The van der Waals surface area contributed by atoms with E-state index in [4.69, 9.17) is 21.1 Å². The maximum Gasteiger partial charge on any atom is 0.408 e. The number of halogens is 1. The number of alkyl carbamates (subject to hydrolysis) is 1. The summed E-state index contributed by atoms with van der Waals surface area (Å²) in [5.41, 5.74) is 0.851. The molecule has 29 heavy (non-hydrogen) atoms. The zero-order valence-electron chi connectivity index (χ0n) is 17.7. The monoisotopic (exact) mass is 415 g/mol. The van der Waals surface area contributed by atoms with E-state index >= 15 is 0 Å². The zero-order valence-corrected chi connectivity index (χ0v) is 18.4. The summed E-state index contributed by atoms with van der Waals surface area (Å²) < 4.78 is 11.4. The molecule has 1 saturated carbocycles. The van der Waals surface area contributed by atoms with Crippen LogP contribution in [0, 0.1) is 11.3 Å². The second kappa shape index (κ2) is 7.39. The number of benzene rings is 2. The Morgan fingerprint density at radius 2 is 1.86 bits per heavy atom. The summed E-state index contributed by atoms with van der Waals surface area (Å²) in [4.78, 5) is 11.5. The first-order chi connectivity index (χ1) is 13.7. The van der Waals surface area contributed by atoms with Crippen molar-refractivity contribution in [3.8, 4) is 5.75 Å². The Hall–Kier alpha value is -1.94. The van der Waals surface area contributed by atoms with E-state index in [-0.39, 0.29) is 12.2 Å². The van der Waals surface area contributed by atoms with E-state index in [1.165, 1.54) is 12.8 Å². The largest absolute Gasteiger partial charge is 0.489 e. The van der Waals surface area contributed by atoms with Crippen LogP contribution in [0.25, 0.3) is 10.8 Å². The molecule has 2 aliphatic rings. The lowest BCUT2D eigenvalue weighted by atomic mass is 9.72. The molecule has 1 amide bonds. The molecule has 2 aromatic rings. The van der Waals surface area contributed by atoms with E-state index in [9.17, 15) is 4.79 Å². The van der Waals surface area contributed by atoms with Crippen LogP contribution in [-0.2, 0) is 10.3 Å². The molecule has 0 radical (unpaired) electrons. The number of rotatable bonds is 3. The average Bonchev–Trinajstić information content (AvgIpc) is 3.03. The van der Waals surface area contributed by atoms with Crippen LogP contribution in [0.3, 0.4) is 0 Å². The second-order valence-corrected chi connectivity index (χ2v) is 10.2. The van der Waals surface area contributed by atoms with Crippen LogP contribution in [0.15, 0.2) is 30.3 Å². The van der Waals surface area contributed by atoms with E-state index in [0.29, 0.717) is 17.0 Å². The molecule has 5 heteroatoms. The van der Waals surface area contributed by atoms with Gasteiger partial charge < -0.3 is 14.8 Å². The third-order valence-electron chi connectivity index (χ3n) is 6.62. The molecule has 1 heterocycles. The van der Waals surface area contributed by atoms with Gasteiger partial charge in [-0.15, -0.1) is 0 Å². The summed E-state index contributed by atoms with van der Waals surface area (Å²) in [6.45, 7) is 9.28. The standard InChI is InChI=1S/C24H30ClNO3/c1-23(2,3)16-6-9-18(10-7-16)29-20-12-5-15-13-17(8-11-19(15)21(20)25)24(4)14-28-22(27)26-24/h5,8,11-13,16,18H,6-7,9-10,14H2,1-4H3,(H,26,27)/t16-,18-,24-/m0/s1. The molecule has 4 nitrogen and oxygen atoms in total. The van der Waals surface area contributed by atoms with Crippen molar-refractivity contribution in [1.29, 1.82) is 0 Å². The minimum Gasteiger partial charge on any atom is -0.489 e. The van der Waals surface area contributed by atoms with Crippen LogP contribution in [0.2, 0.25) is 5.02 Å². The van der Waals surface area contributed by atoms with Crippen LogP contribution in [0.4, 0.5) is 4.79 Å². The Bertz CT molecular complexity index is 928. The number of amides is 1. The third-order valence-corrected chi connectivity index (χ3v) is 7.01. The van der Waals surface area contributed by atoms with E-state index < -0.39 is 5.54 Å². The van der Waals surface area contributed by atoms with Crippen molar-refractivity contribution in [3.63, 3.8) is 0 Å². The molecule has 2 fully saturated rings. The molecule has 1 N–H and O–H groups in total. The van der Waals surface area contributed by atoms with E-state index in [0.717, 1.165) is 40.8 Å². The fourth-order valence-corrected chi connectivity index (χ4v) is 4.87. The van der Waals surface area contributed by atoms with Crippen molar-refractivity contribution in [2.75, 3.05) is 6.61 Å². The average molecular weight is 416 g/mol. The summed E-state index contributed by atoms with van der Waals surface area (Å²) in [5, 5.41) is 5.53. The minimum absolute atomic E-state index is 0.229. The molecular formula is C24H30ClNO3. The number of fused-ring (bicyclic) bond motifs is 1. The summed E-state index contributed by atoms with van der Waals surface area (Å²) in [6, 6.07) is 10.1. The summed E-state index contributed by atoms with van der Waals surface area (Å²) in [6.07, 6.45) is 4.41. The van der Waals surface area contributed by atoms with E-state index in [1.54, 1.807) is 0 Å². The van der Waals surface area contributed by atoms with Gasteiger partial charge in [0.05, 0.1) is 16.7 Å². The first-order valence-electron chi connectivity index (χ1n) is 10.5. The number of carbonyl (C=O) groups is 1. The molecule has 1 saturated heterocycles. The lowest BCUT2D eigenvalue weighted by Gasteiger charge is -2.37. The molecular weight excluding hydrogens is 386 g/mol. The van der Waals surface area contributed by atoms with Crippen molar-refractivity contribution < 1.29 is 14.3 Å². The first-order valence-corrected chi connectivity index (χ1v) is 10.9. The zero-order chi connectivity index (χ0) is 20.8. The molecule has 156 valence electrons. The summed E-state index contributed by atoms with van der Waals surface area (Å²) in [7, 11) is 0. The Morgan fingerprint density at radius 1 is 1.14 bits per heavy atom. The summed E-state index contributed by atoms with van der Waals surface area (Å²) in [5.74, 6) is 1.52. The van der Waals surface area contributed by atoms with Gasteiger partial charge >= 0.3 is 6.09 Å². The molecule has 0 bridgehead atoms. The highest BCUT2D eigenvalue weighted by molar-refractivity contribution is 6.37. The molecule has 1 aliphatic heterocycles. The fraction of sp³-hybridized carbons (Fsp3) is 0.542. The number of ether oxygens (including phenoxy) is 2. The van der Waals surface area contributed by atoms with Crippen LogP contribution in [0.5, 0.6) is 5.75 Å². The predicted octanol–water partition coefficient (Wildman–Crippen LogP) is 6.43. The highest BCUT2D eigenvalue weighted by atomic mass is 35.5. The third kappa shape index (κ3) is 4.05. The fourth-order valence-electron chi connectivity index (χ4n) is 4.60. The van der Waals surface area contributed by atoms with Crippen molar-refractivity contribution in [1.82, 2.24) is 5.32 Å². The SMILES string of the molecule is CC(C)(C)[C@H]1CC[C@H](Oc2ccc3cc([C@]4(C)COC(=O)N4)ccc3c2Cl)CC1. The van der Waals surface area contributed by atoms with Crippen LogP contribution in [0.1, 0.15) is 58.9 Å². The Morgan fingerprint density at radius 3 is 2.48 bits per heavy atom. The number of cyclic esters (lactones) is 1. The highest BCUT2D eigenvalue weighted by Crippen LogP contribution is 2.41. The number of hydrogen-bond donors (Lipinski definition) is 1. The number of carbonyl (C=O) groups excluding carboxylic acids is 1.